The first-order valence-electron chi connectivity index (χ1n) is 8.75. The van der Waals surface area contributed by atoms with Crippen LogP contribution in [-0.4, -0.2) is 20.2 Å². The maximum Gasteiger partial charge on any atom is 0.262 e. The third-order valence-electron chi connectivity index (χ3n) is 4.07. The van der Waals surface area contributed by atoms with Crippen molar-refractivity contribution >= 4 is 15.7 Å². The highest BCUT2D eigenvalue weighted by Gasteiger charge is 2.20. The highest BCUT2D eigenvalue weighted by molar-refractivity contribution is 7.92. The fourth-order valence-electron chi connectivity index (χ4n) is 2.75. The van der Waals surface area contributed by atoms with E-state index in [1.54, 1.807) is 42.5 Å². The zero-order valence-electron chi connectivity index (χ0n) is 15.5. The molecule has 3 aromatic rings. The summed E-state index contributed by atoms with van der Waals surface area (Å²) in [5.74, 6) is 1.23. The van der Waals surface area contributed by atoms with Crippen LogP contribution >= 0.6 is 0 Å². The Bertz CT molecular complexity index is 1020. The first-order valence-corrected chi connectivity index (χ1v) is 10.2. The number of hydrogen-bond acceptors (Lipinski definition) is 5. The number of aryl methyl sites for hydroxylation is 2. The van der Waals surface area contributed by atoms with Gasteiger partial charge in [0.2, 0.25) is 0 Å². The van der Waals surface area contributed by atoms with Crippen LogP contribution in [0.25, 0.3) is 11.3 Å². The lowest BCUT2D eigenvalue weighted by Crippen LogP contribution is -2.15. The van der Waals surface area contributed by atoms with Gasteiger partial charge in [-0.1, -0.05) is 24.2 Å². The van der Waals surface area contributed by atoms with Gasteiger partial charge in [0.25, 0.3) is 10.0 Å². The molecule has 1 aromatic heterocycles. The average Bonchev–Trinajstić information content (AvgIpc) is 3.09. The summed E-state index contributed by atoms with van der Waals surface area (Å²) >= 11 is 0. The Morgan fingerprint density at radius 3 is 2.41 bits per heavy atom. The van der Waals surface area contributed by atoms with E-state index in [1.165, 1.54) is 0 Å². The van der Waals surface area contributed by atoms with Crippen LogP contribution in [0.2, 0.25) is 0 Å². The van der Waals surface area contributed by atoms with Gasteiger partial charge in [-0.2, -0.15) is 0 Å². The third kappa shape index (κ3) is 4.31. The summed E-state index contributed by atoms with van der Waals surface area (Å²) in [4.78, 5) is 0.227. The molecule has 0 amide bonds. The van der Waals surface area contributed by atoms with Gasteiger partial charge in [-0.3, -0.25) is 4.72 Å². The largest absolute Gasteiger partial charge is 0.494 e. The lowest BCUT2D eigenvalue weighted by atomic mass is 10.1. The van der Waals surface area contributed by atoms with Crippen LogP contribution in [-0.2, 0) is 16.4 Å². The van der Waals surface area contributed by atoms with E-state index < -0.39 is 10.0 Å². The van der Waals surface area contributed by atoms with Crippen molar-refractivity contribution in [3.05, 3.63) is 59.8 Å². The Morgan fingerprint density at radius 1 is 1.07 bits per heavy atom. The van der Waals surface area contributed by atoms with Gasteiger partial charge in [-0.15, -0.1) is 0 Å². The molecule has 0 saturated heterocycles. The van der Waals surface area contributed by atoms with Gasteiger partial charge in [-0.25, -0.2) is 8.42 Å². The molecule has 0 spiro atoms. The monoisotopic (exact) mass is 386 g/mol. The van der Waals surface area contributed by atoms with Crippen molar-refractivity contribution in [2.45, 2.75) is 32.1 Å². The average molecular weight is 386 g/mol. The summed E-state index contributed by atoms with van der Waals surface area (Å²) < 4.78 is 39.3. The lowest BCUT2D eigenvalue weighted by molar-refractivity contribution is 0.340. The van der Waals surface area contributed by atoms with Gasteiger partial charge >= 0.3 is 0 Å². The molecule has 6 nitrogen and oxygen atoms in total. The van der Waals surface area contributed by atoms with Gasteiger partial charge in [-0.05, 0) is 56.2 Å². The fraction of sp³-hybridized carbons (Fsp3) is 0.250. The maximum atomic E-state index is 13.0. The van der Waals surface area contributed by atoms with Crippen LogP contribution in [0.1, 0.15) is 25.1 Å². The Labute approximate surface area is 159 Å². The summed E-state index contributed by atoms with van der Waals surface area (Å²) in [6.45, 7) is 6.19. The molecule has 0 fully saturated rings. The predicted octanol–water partition coefficient (Wildman–Crippen LogP) is 4.41. The van der Waals surface area contributed by atoms with E-state index >= 15 is 0 Å². The van der Waals surface area contributed by atoms with E-state index in [4.69, 9.17) is 9.26 Å². The summed E-state index contributed by atoms with van der Waals surface area (Å²) in [6.07, 6.45) is 0.592. The van der Waals surface area contributed by atoms with Crippen molar-refractivity contribution in [2.24, 2.45) is 0 Å². The van der Waals surface area contributed by atoms with E-state index in [2.05, 4.69) is 9.88 Å². The highest BCUT2D eigenvalue weighted by Crippen LogP contribution is 2.28. The predicted molar refractivity (Wildman–Crippen MR) is 104 cm³/mol. The molecule has 1 N–H and O–H groups in total. The Balaban J connectivity index is 1.94. The van der Waals surface area contributed by atoms with Crippen molar-refractivity contribution in [3.8, 4) is 17.1 Å². The van der Waals surface area contributed by atoms with E-state index in [0.717, 1.165) is 11.3 Å². The molecular formula is C20H22N2O4S. The number of benzene rings is 2. The second-order valence-corrected chi connectivity index (χ2v) is 7.72. The molecule has 0 saturated carbocycles. The van der Waals surface area contributed by atoms with Crippen LogP contribution in [0.15, 0.2) is 57.9 Å². The molecule has 3 rings (SSSR count). The Morgan fingerprint density at radius 2 is 1.81 bits per heavy atom. The molecule has 0 radical (unpaired) electrons. The van der Waals surface area contributed by atoms with E-state index in [-0.39, 0.29) is 4.90 Å². The SMILES string of the molecule is CCOc1ccc(NS(=O)(=O)c2cc(-c3cc(C)no3)ccc2CC)cc1. The smallest absolute Gasteiger partial charge is 0.262 e. The van der Waals surface area contributed by atoms with E-state index in [0.29, 0.717) is 35.8 Å². The van der Waals surface area contributed by atoms with Crippen LogP contribution in [0.3, 0.4) is 0 Å². The van der Waals surface area contributed by atoms with Gasteiger partial charge < -0.3 is 9.26 Å². The first-order chi connectivity index (χ1) is 12.9. The topological polar surface area (TPSA) is 81.4 Å². The van der Waals surface area contributed by atoms with Crippen LogP contribution in [0, 0.1) is 6.92 Å². The molecule has 0 atom stereocenters. The molecular weight excluding hydrogens is 364 g/mol. The summed E-state index contributed by atoms with van der Waals surface area (Å²) in [7, 11) is -3.76. The Hall–Kier alpha value is -2.80. The minimum absolute atomic E-state index is 0.227. The highest BCUT2D eigenvalue weighted by atomic mass is 32.2. The molecule has 0 aliphatic heterocycles. The van der Waals surface area contributed by atoms with Crippen molar-refractivity contribution < 1.29 is 17.7 Å². The normalized spacial score (nSPS) is 11.4. The Kier molecular flexibility index (Phi) is 5.51. The van der Waals surface area contributed by atoms with Crippen LogP contribution in [0.5, 0.6) is 5.75 Å². The van der Waals surface area contributed by atoms with E-state index in [1.807, 2.05) is 26.8 Å². The first kappa shape index (κ1) is 19.0. The number of anilines is 1. The molecule has 0 bridgehead atoms. The number of nitrogens with zero attached hydrogens (tertiary/aromatic N) is 1. The number of hydrogen-bond donors (Lipinski definition) is 1. The zero-order valence-corrected chi connectivity index (χ0v) is 16.3. The molecule has 142 valence electrons. The molecule has 27 heavy (non-hydrogen) atoms. The van der Waals surface area contributed by atoms with Crippen molar-refractivity contribution in [1.29, 1.82) is 0 Å². The van der Waals surface area contributed by atoms with Gasteiger partial charge in [0, 0.05) is 17.3 Å². The minimum Gasteiger partial charge on any atom is -0.494 e. The van der Waals surface area contributed by atoms with Crippen molar-refractivity contribution in [3.63, 3.8) is 0 Å². The molecule has 7 heteroatoms. The van der Waals surface area contributed by atoms with Crippen molar-refractivity contribution in [1.82, 2.24) is 5.16 Å². The third-order valence-corrected chi connectivity index (χ3v) is 5.53. The number of sulfonamides is 1. The summed E-state index contributed by atoms with van der Waals surface area (Å²) in [6, 6.07) is 13.9. The van der Waals surface area contributed by atoms with Crippen LogP contribution in [0.4, 0.5) is 5.69 Å². The number of rotatable bonds is 7. The molecule has 2 aromatic carbocycles. The molecule has 1 heterocycles. The molecule has 0 unspecified atom stereocenters. The van der Waals surface area contributed by atoms with Gasteiger partial charge in [0.05, 0.1) is 17.2 Å². The van der Waals surface area contributed by atoms with E-state index in [9.17, 15) is 8.42 Å². The van der Waals surface area contributed by atoms with Crippen LogP contribution < -0.4 is 9.46 Å². The second kappa shape index (κ2) is 7.84. The number of aromatic nitrogens is 1. The van der Waals surface area contributed by atoms with Gasteiger partial charge in [0.1, 0.15) is 5.75 Å². The summed E-state index contributed by atoms with van der Waals surface area (Å²) in [5.41, 5.74) is 2.61. The standard InChI is InChI=1S/C20H22N2O4S/c1-4-15-6-7-16(19-12-14(3)21-26-19)13-20(15)27(23,24)22-17-8-10-18(11-9-17)25-5-2/h6-13,22H,4-5H2,1-3H3. The number of nitrogens with one attached hydrogen (secondary N) is 1. The molecule has 0 aliphatic carbocycles. The molecule has 0 aliphatic rings. The maximum absolute atomic E-state index is 13.0. The number of ether oxygens (including phenoxy) is 1. The van der Waals surface area contributed by atoms with Crippen molar-refractivity contribution in [2.75, 3.05) is 11.3 Å². The minimum atomic E-state index is -3.76. The fourth-order valence-corrected chi connectivity index (χ4v) is 4.14. The second-order valence-electron chi connectivity index (χ2n) is 6.07. The zero-order chi connectivity index (χ0) is 19.4. The lowest BCUT2D eigenvalue weighted by Gasteiger charge is -2.13. The van der Waals surface area contributed by atoms with Gasteiger partial charge in [0.15, 0.2) is 5.76 Å². The summed E-state index contributed by atoms with van der Waals surface area (Å²) in [5, 5.41) is 3.87. The quantitative estimate of drug-likeness (QED) is 0.650.